The zero-order valence-electron chi connectivity index (χ0n) is 18.6. The number of anilines is 2. The molecular weight excluding hydrogens is 453 g/mol. The summed E-state index contributed by atoms with van der Waals surface area (Å²) in [6.45, 7) is 0. The number of nitrogens with one attached hydrogen (secondary N) is 2. The first-order chi connectivity index (χ1) is 16.2. The number of halogens is 3. The molecule has 8 nitrogen and oxygen atoms in total. The van der Waals surface area contributed by atoms with Crippen LogP contribution in [0, 0.1) is 0 Å². The number of fused-ring (bicyclic) bond motifs is 1. The Morgan fingerprint density at radius 1 is 1.03 bits per heavy atom. The highest BCUT2D eigenvalue weighted by molar-refractivity contribution is 6.03. The van der Waals surface area contributed by atoms with E-state index in [0.29, 0.717) is 28.5 Å². The molecule has 1 amide bonds. The minimum atomic E-state index is -4.57. The second kappa shape index (κ2) is 9.16. The Bertz CT molecular complexity index is 1180. The largest absolute Gasteiger partial charge is 0.497 e. The van der Waals surface area contributed by atoms with Crippen molar-refractivity contribution in [3.8, 4) is 17.2 Å². The lowest BCUT2D eigenvalue weighted by Crippen LogP contribution is -2.35. The molecule has 1 aliphatic heterocycles. The van der Waals surface area contributed by atoms with E-state index in [2.05, 4.69) is 15.7 Å². The van der Waals surface area contributed by atoms with Crippen LogP contribution in [0.15, 0.2) is 48.5 Å². The van der Waals surface area contributed by atoms with E-state index in [1.807, 2.05) is 0 Å². The van der Waals surface area contributed by atoms with E-state index in [1.54, 1.807) is 42.5 Å². The Labute approximate surface area is 193 Å². The van der Waals surface area contributed by atoms with E-state index in [-0.39, 0.29) is 17.9 Å². The lowest BCUT2D eigenvalue weighted by molar-refractivity contribution is -0.173. The summed E-state index contributed by atoms with van der Waals surface area (Å²) in [7, 11) is 4.45. The minimum absolute atomic E-state index is 0.0910. The first-order valence-corrected chi connectivity index (χ1v) is 10.3. The number of hydrogen-bond acceptors (Lipinski definition) is 6. The monoisotopic (exact) mass is 476 g/mol. The maximum atomic E-state index is 14.0. The zero-order chi connectivity index (χ0) is 24.5. The highest BCUT2D eigenvalue weighted by atomic mass is 19.4. The third-order valence-corrected chi connectivity index (χ3v) is 5.58. The topological polar surface area (TPSA) is 86.6 Å². The summed E-state index contributed by atoms with van der Waals surface area (Å²) in [6, 6.07) is 10.2. The van der Waals surface area contributed by atoms with E-state index < -0.39 is 24.2 Å². The molecule has 2 atom stereocenters. The molecule has 11 heteroatoms. The molecule has 0 bridgehead atoms. The smallest absolute Gasteiger partial charge is 0.410 e. The van der Waals surface area contributed by atoms with E-state index in [4.69, 9.17) is 14.2 Å². The van der Waals surface area contributed by atoms with Gasteiger partial charge in [0.05, 0.1) is 27.4 Å². The Morgan fingerprint density at radius 3 is 2.35 bits per heavy atom. The van der Waals surface area contributed by atoms with Crippen molar-refractivity contribution < 1.29 is 32.2 Å². The van der Waals surface area contributed by atoms with Crippen molar-refractivity contribution in [2.75, 3.05) is 32.0 Å². The molecule has 2 heterocycles. The Balaban J connectivity index is 1.62. The molecule has 0 saturated carbocycles. The van der Waals surface area contributed by atoms with Crippen LogP contribution in [0.2, 0.25) is 0 Å². The van der Waals surface area contributed by atoms with Gasteiger partial charge in [0.25, 0.3) is 5.91 Å². The van der Waals surface area contributed by atoms with Crippen molar-refractivity contribution >= 4 is 17.4 Å². The minimum Gasteiger partial charge on any atom is -0.497 e. The van der Waals surface area contributed by atoms with E-state index in [0.717, 1.165) is 4.68 Å². The quantitative estimate of drug-likeness (QED) is 0.531. The Morgan fingerprint density at radius 2 is 1.74 bits per heavy atom. The van der Waals surface area contributed by atoms with Crippen molar-refractivity contribution in [3.63, 3.8) is 0 Å². The van der Waals surface area contributed by atoms with Gasteiger partial charge in [-0.2, -0.15) is 18.3 Å². The average molecular weight is 476 g/mol. The summed E-state index contributed by atoms with van der Waals surface area (Å²) >= 11 is 0. The first-order valence-electron chi connectivity index (χ1n) is 10.3. The fourth-order valence-electron chi connectivity index (χ4n) is 3.84. The molecule has 0 spiro atoms. The maximum absolute atomic E-state index is 14.0. The van der Waals surface area contributed by atoms with Crippen LogP contribution >= 0.6 is 0 Å². The number of benzene rings is 2. The normalized spacial score (nSPS) is 17.4. The number of methoxy groups -OCH3 is 3. The standard InChI is InChI=1S/C23H23F3N4O4/c1-32-15-7-5-14(6-8-15)27-22(31)17-12-21-28-16(11-20(23(24,25)26)30(21)29-17)13-4-9-18(33-2)19(10-13)34-3/h4-10,12,16,20,28H,11H2,1-3H3,(H,27,31)/t16-,20+/m0/s1. The Kier molecular flexibility index (Phi) is 6.27. The summed E-state index contributed by atoms with van der Waals surface area (Å²) in [5.41, 5.74) is 0.907. The number of aromatic nitrogens is 2. The lowest BCUT2D eigenvalue weighted by Gasteiger charge is -2.33. The van der Waals surface area contributed by atoms with Crippen LogP contribution in [0.4, 0.5) is 24.7 Å². The average Bonchev–Trinajstić information content (AvgIpc) is 3.27. The summed E-state index contributed by atoms with van der Waals surface area (Å²) in [4.78, 5) is 12.7. The van der Waals surface area contributed by atoms with Crippen molar-refractivity contribution in [2.24, 2.45) is 0 Å². The predicted molar refractivity (Wildman–Crippen MR) is 119 cm³/mol. The molecule has 0 fully saturated rings. The van der Waals surface area contributed by atoms with Gasteiger partial charge in [-0.25, -0.2) is 4.68 Å². The number of hydrogen-bond donors (Lipinski definition) is 2. The number of rotatable bonds is 6. The van der Waals surface area contributed by atoms with Crippen molar-refractivity contribution in [1.82, 2.24) is 9.78 Å². The van der Waals surface area contributed by atoms with Crippen molar-refractivity contribution in [3.05, 3.63) is 59.8 Å². The van der Waals surface area contributed by atoms with Crippen LogP contribution in [0.25, 0.3) is 0 Å². The number of amides is 1. The van der Waals surface area contributed by atoms with Crippen LogP contribution in [0.1, 0.15) is 34.6 Å². The molecule has 3 aromatic rings. The number of alkyl halides is 3. The number of carbonyl (C=O) groups is 1. The van der Waals surface area contributed by atoms with E-state index in [1.165, 1.54) is 27.4 Å². The van der Waals surface area contributed by atoms with Crippen LogP contribution in [-0.4, -0.2) is 43.2 Å². The van der Waals surface area contributed by atoms with Gasteiger partial charge < -0.3 is 24.8 Å². The van der Waals surface area contributed by atoms with Crippen molar-refractivity contribution in [2.45, 2.75) is 24.7 Å². The second-order valence-corrected chi connectivity index (χ2v) is 7.65. The lowest BCUT2D eigenvalue weighted by atomic mass is 9.96. The van der Waals surface area contributed by atoms with Crippen LogP contribution in [0.5, 0.6) is 17.2 Å². The van der Waals surface area contributed by atoms with Gasteiger partial charge in [-0.1, -0.05) is 6.07 Å². The van der Waals surface area contributed by atoms with Gasteiger partial charge >= 0.3 is 6.18 Å². The molecule has 4 rings (SSSR count). The molecule has 34 heavy (non-hydrogen) atoms. The first kappa shape index (κ1) is 23.3. The molecule has 0 unspecified atom stereocenters. The van der Waals surface area contributed by atoms with E-state index in [9.17, 15) is 18.0 Å². The van der Waals surface area contributed by atoms with Gasteiger partial charge in [0.1, 0.15) is 11.6 Å². The number of nitrogens with zero attached hydrogens (tertiary/aromatic N) is 2. The Hall–Kier alpha value is -3.89. The second-order valence-electron chi connectivity index (χ2n) is 7.65. The van der Waals surface area contributed by atoms with Gasteiger partial charge in [0.2, 0.25) is 0 Å². The number of carbonyl (C=O) groups excluding carboxylic acids is 1. The van der Waals surface area contributed by atoms with Gasteiger partial charge in [-0.3, -0.25) is 4.79 Å². The SMILES string of the molecule is COc1ccc(NC(=O)c2cc3n(n2)[C@@H](C(F)(F)F)C[C@@H](c2ccc(OC)c(OC)c2)N3)cc1. The van der Waals surface area contributed by atoms with Gasteiger partial charge in [-0.05, 0) is 42.0 Å². The highest BCUT2D eigenvalue weighted by Gasteiger charge is 2.47. The van der Waals surface area contributed by atoms with Crippen molar-refractivity contribution in [1.29, 1.82) is 0 Å². The molecular formula is C23H23F3N4O4. The van der Waals surface area contributed by atoms with Crippen LogP contribution < -0.4 is 24.8 Å². The molecule has 0 radical (unpaired) electrons. The summed E-state index contributed by atoms with van der Waals surface area (Å²) < 4.78 is 58.3. The molecule has 180 valence electrons. The fraction of sp³-hybridized carbons (Fsp3) is 0.304. The molecule has 2 aromatic carbocycles. The summed E-state index contributed by atoms with van der Waals surface area (Å²) in [5.74, 6) is 0.945. The van der Waals surface area contributed by atoms with Gasteiger partial charge in [0.15, 0.2) is 23.2 Å². The zero-order valence-corrected chi connectivity index (χ0v) is 18.6. The van der Waals surface area contributed by atoms with Crippen LogP contribution in [-0.2, 0) is 0 Å². The predicted octanol–water partition coefficient (Wildman–Crippen LogP) is 4.82. The maximum Gasteiger partial charge on any atom is 0.410 e. The third kappa shape index (κ3) is 4.59. The highest BCUT2D eigenvalue weighted by Crippen LogP contribution is 2.44. The summed E-state index contributed by atoms with van der Waals surface area (Å²) in [6.07, 6.45) is -4.88. The molecule has 1 aliphatic rings. The third-order valence-electron chi connectivity index (χ3n) is 5.58. The molecule has 2 N–H and O–H groups in total. The number of ether oxygens (including phenoxy) is 3. The van der Waals surface area contributed by atoms with E-state index >= 15 is 0 Å². The molecule has 0 aliphatic carbocycles. The summed E-state index contributed by atoms with van der Waals surface area (Å²) in [5, 5.41) is 9.67. The van der Waals surface area contributed by atoms with Gasteiger partial charge in [0, 0.05) is 18.2 Å². The fourth-order valence-corrected chi connectivity index (χ4v) is 3.84. The molecule has 1 aromatic heterocycles. The van der Waals surface area contributed by atoms with Crippen LogP contribution in [0.3, 0.4) is 0 Å². The van der Waals surface area contributed by atoms with Gasteiger partial charge in [-0.15, -0.1) is 0 Å². The molecule has 0 saturated heterocycles.